The maximum atomic E-state index is 11.8. The molecule has 4 heteroatoms. The van der Waals surface area contributed by atoms with Crippen LogP contribution in [0.4, 0.5) is 0 Å². The van der Waals surface area contributed by atoms with Crippen LogP contribution in [-0.4, -0.2) is 12.5 Å². The first-order valence-corrected chi connectivity index (χ1v) is 6.60. The van der Waals surface area contributed by atoms with Gasteiger partial charge in [-0.2, -0.15) is 0 Å². The summed E-state index contributed by atoms with van der Waals surface area (Å²) in [5, 5.41) is 4.84. The number of amides is 1. The molecule has 2 aromatic heterocycles. The van der Waals surface area contributed by atoms with Crippen LogP contribution in [0, 0.1) is 0 Å². The lowest BCUT2D eigenvalue weighted by atomic mass is 10.2. The van der Waals surface area contributed by atoms with Gasteiger partial charge in [-0.1, -0.05) is 13.3 Å². The smallest absolute Gasteiger partial charge is 0.261 e. The van der Waals surface area contributed by atoms with E-state index in [-0.39, 0.29) is 5.91 Å². The van der Waals surface area contributed by atoms with Crippen molar-refractivity contribution >= 4 is 17.2 Å². The number of thiophene rings is 1. The third kappa shape index (κ3) is 2.97. The lowest BCUT2D eigenvalue weighted by molar-refractivity contribution is 0.0957. The molecule has 1 amide bonds. The number of hydrogen-bond acceptors (Lipinski definition) is 3. The van der Waals surface area contributed by atoms with Crippen molar-refractivity contribution in [1.29, 1.82) is 0 Å². The molecule has 0 aliphatic heterocycles. The highest BCUT2D eigenvalue weighted by Crippen LogP contribution is 2.25. The second kappa shape index (κ2) is 5.68. The summed E-state index contributed by atoms with van der Waals surface area (Å²) in [6.07, 6.45) is 3.73. The van der Waals surface area contributed by atoms with E-state index in [9.17, 15) is 4.79 Å². The molecule has 1 N–H and O–H groups in total. The molecular formula is C13H15NO2S. The topological polar surface area (TPSA) is 42.2 Å². The van der Waals surface area contributed by atoms with Crippen LogP contribution in [0.25, 0.3) is 11.3 Å². The minimum Gasteiger partial charge on any atom is -0.464 e. The van der Waals surface area contributed by atoms with Gasteiger partial charge in [0.2, 0.25) is 0 Å². The maximum Gasteiger partial charge on any atom is 0.261 e. The molecule has 0 saturated heterocycles. The number of unbranched alkanes of at least 4 members (excludes halogenated alkanes) is 1. The molecule has 2 heterocycles. The molecule has 2 aromatic rings. The zero-order chi connectivity index (χ0) is 12.1. The maximum absolute atomic E-state index is 11.8. The van der Waals surface area contributed by atoms with Crippen LogP contribution in [0.2, 0.25) is 0 Å². The van der Waals surface area contributed by atoms with Gasteiger partial charge in [0.15, 0.2) is 0 Å². The van der Waals surface area contributed by atoms with Gasteiger partial charge in [-0.15, -0.1) is 11.3 Å². The predicted molar refractivity (Wildman–Crippen MR) is 69.3 cm³/mol. The Hall–Kier alpha value is -1.55. The fraction of sp³-hybridized carbons (Fsp3) is 0.308. The van der Waals surface area contributed by atoms with Crippen molar-refractivity contribution in [3.05, 3.63) is 34.7 Å². The van der Waals surface area contributed by atoms with E-state index in [0.717, 1.165) is 35.6 Å². The number of carbonyl (C=O) groups is 1. The Morgan fingerprint density at radius 3 is 3.12 bits per heavy atom. The summed E-state index contributed by atoms with van der Waals surface area (Å²) in [7, 11) is 0. The number of carbonyl (C=O) groups excluding carboxylic acids is 1. The Morgan fingerprint density at radius 2 is 2.41 bits per heavy atom. The van der Waals surface area contributed by atoms with E-state index in [1.807, 2.05) is 23.6 Å². The van der Waals surface area contributed by atoms with Gasteiger partial charge in [0.25, 0.3) is 5.91 Å². The normalized spacial score (nSPS) is 10.4. The van der Waals surface area contributed by atoms with Crippen molar-refractivity contribution < 1.29 is 9.21 Å². The number of nitrogens with one attached hydrogen (secondary N) is 1. The van der Waals surface area contributed by atoms with Gasteiger partial charge in [-0.25, -0.2) is 0 Å². The summed E-state index contributed by atoms with van der Waals surface area (Å²) in [6, 6.07) is 5.60. The second-order valence-electron chi connectivity index (χ2n) is 3.79. The van der Waals surface area contributed by atoms with Crippen molar-refractivity contribution in [3.63, 3.8) is 0 Å². The third-order valence-corrected chi connectivity index (χ3v) is 3.37. The van der Waals surface area contributed by atoms with Crippen LogP contribution < -0.4 is 5.32 Å². The highest BCUT2D eigenvalue weighted by Gasteiger charge is 2.10. The predicted octanol–water partition coefficient (Wildman–Crippen LogP) is 3.54. The first kappa shape index (κ1) is 11.9. The molecular weight excluding hydrogens is 234 g/mol. The quantitative estimate of drug-likeness (QED) is 0.823. The monoisotopic (exact) mass is 249 g/mol. The molecule has 0 aromatic carbocycles. The summed E-state index contributed by atoms with van der Waals surface area (Å²) in [4.78, 5) is 12.5. The van der Waals surface area contributed by atoms with Gasteiger partial charge in [0, 0.05) is 17.5 Å². The van der Waals surface area contributed by atoms with E-state index < -0.39 is 0 Å². The van der Waals surface area contributed by atoms with Gasteiger partial charge in [-0.05, 0) is 24.6 Å². The standard InChI is InChI=1S/C13H15NO2S/c1-2-3-6-14-13(15)12-8-10(9-17-12)11-5-4-7-16-11/h4-5,7-9H,2-3,6H2,1H3,(H,14,15). The van der Waals surface area contributed by atoms with Crippen LogP contribution in [0.1, 0.15) is 29.4 Å². The minimum atomic E-state index is 0.00116. The van der Waals surface area contributed by atoms with Gasteiger partial charge in [0.1, 0.15) is 5.76 Å². The molecule has 0 spiro atoms. The largest absolute Gasteiger partial charge is 0.464 e. The molecule has 0 fully saturated rings. The SMILES string of the molecule is CCCCNC(=O)c1cc(-c2ccco2)cs1. The second-order valence-corrected chi connectivity index (χ2v) is 4.70. The van der Waals surface area contributed by atoms with Gasteiger partial charge in [-0.3, -0.25) is 4.79 Å². The fourth-order valence-electron chi connectivity index (χ4n) is 1.49. The average molecular weight is 249 g/mol. The summed E-state index contributed by atoms with van der Waals surface area (Å²) in [6.45, 7) is 2.84. The van der Waals surface area contributed by atoms with Gasteiger partial charge in [0.05, 0.1) is 11.1 Å². The summed E-state index contributed by atoms with van der Waals surface area (Å²) in [5.74, 6) is 0.801. The van der Waals surface area contributed by atoms with Crippen LogP contribution in [-0.2, 0) is 0 Å². The number of hydrogen-bond donors (Lipinski definition) is 1. The van der Waals surface area contributed by atoms with Crippen molar-refractivity contribution in [3.8, 4) is 11.3 Å². The Labute approximate surface area is 104 Å². The number of rotatable bonds is 5. The molecule has 0 atom stereocenters. The van der Waals surface area contributed by atoms with Crippen LogP contribution in [0.3, 0.4) is 0 Å². The van der Waals surface area contributed by atoms with E-state index >= 15 is 0 Å². The molecule has 0 aliphatic rings. The molecule has 0 radical (unpaired) electrons. The number of furan rings is 1. The highest BCUT2D eigenvalue weighted by atomic mass is 32.1. The first-order chi connectivity index (χ1) is 8.31. The van der Waals surface area contributed by atoms with E-state index in [1.165, 1.54) is 11.3 Å². The third-order valence-electron chi connectivity index (χ3n) is 2.44. The van der Waals surface area contributed by atoms with E-state index in [2.05, 4.69) is 12.2 Å². The Morgan fingerprint density at radius 1 is 1.53 bits per heavy atom. The lowest BCUT2D eigenvalue weighted by Crippen LogP contribution is -2.23. The summed E-state index contributed by atoms with van der Waals surface area (Å²) < 4.78 is 5.29. The van der Waals surface area contributed by atoms with E-state index in [0.29, 0.717) is 0 Å². The van der Waals surface area contributed by atoms with Crippen LogP contribution in [0.5, 0.6) is 0 Å². The minimum absolute atomic E-state index is 0.00116. The van der Waals surface area contributed by atoms with Gasteiger partial charge >= 0.3 is 0 Å². The van der Waals surface area contributed by atoms with Crippen molar-refractivity contribution in [2.75, 3.05) is 6.54 Å². The molecule has 0 unspecified atom stereocenters. The Balaban J connectivity index is 2.01. The molecule has 17 heavy (non-hydrogen) atoms. The lowest BCUT2D eigenvalue weighted by Gasteiger charge is -2.00. The summed E-state index contributed by atoms with van der Waals surface area (Å²) in [5.41, 5.74) is 0.959. The van der Waals surface area contributed by atoms with Gasteiger partial charge < -0.3 is 9.73 Å². The van der Waals surface area contributed by atoms with Crippen LogP contribution in [0.15, 0.2) is 34.3 Å². The van der Waals surface area contributed by atoms with E-state index in [4.69, 9.17) is 4.42 Å². The average Bonchev–Trinajstić information content (AvgIpc) is 3.00. The Kier molecular flexibility index (Phi) is 3.98. The zero-order valence-electron chi connectivity index (χ0n) is 9.73. The fourth-order valence-corrected chi connectivity index (χ4v) is 2.31. The molecule has 0 saturated carbocycles. The zero-order valence-corrected chi connectivity index (χ0v) is 10.5. The first-order valence-electron chi connectivity index (χ1n) is 5.72. The molecule has 0 bridgehead atoms. The summed E-state index contributed by atoms with van der Waals surface area (Å²) >= 11 is 1.44. The van der Waals surface area contributed by atoms with E-state index in [1.54, 1.807) is 6.26 Å². The van der Waals surface area contributed by atoms with Crippen LogP contribution >= 0.6 is 11.3 Å². The Bertz CT molecular complexity index is 473. The van der Waals surface area contributed by atoms with Crippen molar-refractivity contribution in [2.45, 2.75) is 19.8 Å². The molecule has 3 nitrogen and oxygen atoms in total. The molecule has 2 rings (SSSR count). The molecule has 90 valence electrons. The van der Waals surface area contributed by atoms with Crippen molar-refractivity contribution in [2.24, 2.45) is 0 Å². The highest BCUT2D eigenvalue weighted by molar-refractivity contribution is 7.12. The van der Waals surface area contributed by atoms with Crippen molar-refractivity contribution in [1.82, 2.24) is 5.32 Å². The molecule has 0 aliphatic carbocycles.